The predicted octanol–water partition coefficient (Wildman–Crippen LogP) is 1.04. The monoisotopic (exact) mass is 266 g/mol. The van der Waals surface area contributed by atoms with Crippen molar-refractivity contribution >= 4 is 28.9 Å². The SMILES string of the molecule is CCCNC(=O)C(C)Nc1ccc(C(N)=S)cn1. The maximum atomic E-state index is 11.6. The summed E-state index contributed by atoms with van der Waals surface area (Å²) < 4.78 is 0. The van der Waals surface area contributed by atoms with Gasteiger partial charge in [0, 0.05) is 18.3 Å². The third kappa shape index (κ3) is 4.29. The minimum Gasteiger partial charge on any atom is -0.389 e. The molecule has 0 aliphatic rings. The van der Waals surface area contributed by atoms with Crippen LogP contribution in [0.1, 0.15) is 25.8 Å². The molecule has 6 heteroatoms. The molecule has 1 heterocycles. The quantitative estimate of drug-likeness (QED) is 0.670. The van der Waals surface area contributed by atoms with E-state index in [2.05, 4.69) is 15.6 Å². The van der Waals surface area contributed by atoms with Gasteiger partial charge in [-0.1, -0.05) is 19.1 Å². The van der Waals surface area contributed by atoms with Crippen LogP contribution in [0.2, 0.25) is 0 Å². The fraction of sp³-hybridized carbons (Fsp3) is 0.417. The fourth-order valence-electron chi connectivity index (χ4n) is 1.31. The second-order valence-corrected chi connectivity index (χ2v) is 4.39. The number of thiocarbonyl (C=S) groups is 1. The minimum atomic E-state index is -0.334. The summed E-state index contributed by atoms with van der Waals surface area (Å²) in [5, 5.41) is 5.82. The Bertz CT molecular complexity index is 419. The van der Waals surface area contributed by atoms with E-state index >= 15 is 0 Å². The molecule has 0 spiro atoms. The predicted molar refractivity (Wildman–Crippen MR) is 76.5 cm³/mol. The van der Waals surface area contributed by atoms with Gasteiger partial charge in [0.25, 0.3) is 0 Å². The van der Waals surface area contributed by atoms with Gasteiger partial charge in [-0.15, -0.1) is 0 Å². The molecular weight excluding hydrogens is 248 g/mol. The van der Waals surface area contributed by atoms with Gasteiger partial charge in [-0.3, -0.25) is 4.79 Å². The molecule has 0 bridgehead atoms. The molecule has 1 unspecified atom stereocenters. The molecular formula is C12H18N4OS. The first kappa shape index (κ1) is 14.4. The summed E-state index contributed by atoms with van der Waals surface area (Å²) in [6, 6.07) is 3.19. The zero-order chi connectivity index (χ0) is 13.5. The summed E-state index contributed by atoms with van der Waals surface area (Å²) >= 11 is 4.84. The Morgan fingerprint density at radius 1 is 1.56 bits per heavy atom. The van der Waals surface area contributed by atoms with E-state index in [9.17, 15) is 4.79 Å². The number of hydrogen-bond acceptors (Lipinski definition) is 4. The maximum absolute atomic E-state index is 11.6. The smallest absolute Gasteiger partial charge is 0.242 e. The zero-order valence-corrected chi connectivity index (χ0v) is 11.4. The summed E-state index contributed by atoms with van der Waals surface area (Å²) in [6.07, 6.45) is 2.50. The third-order valence-corrected chi connectivity index (χ3v) is 2.59. The van der Waals surface area contributed by atoms with Crippen LogP contribution in [-0.4, -0.2) is 28.5 Å². The van der Waals surface area contributed by atoms with E-state index in [0.29, 0.717) is 22.9 Å². The zero-order valence-electron chi connectivity index (χ0n) is 10.6. The van der Waals surface area contributed by atoms with Crippen molar-refractivity contribution in [1.29, 1.82) is 0 Å². The standard InChI is InChI=1S/C12H18N4OS/c1-3-6-14-12(17)8(2)16-10-5-4-9(7-15-10)11(13)18/h4-5,7-8H,3,6H2,1-2H3,(H2,13,18)(H,14,17)(H,15,16). The van der Waals surface area contributed by atoms with Gasteiger partial charge in [0.05, 0.1) is 0 Å². The van der Waals surface area contributed by atoms with Gasteiger partial charge in [-0.2, -0.15) is 0 Å². The molecule has 0 saturated heterocycles. The summed E-state index contributed by atoms with van der Waals surface area (Å²) in [5.41, 5.74) is 6.18. The summed E-state index contributed by atoms with van der Waals surface area (Å²) in [7, 11) is 0. The number of hydrogen-bond donors (Lipinski definition) is 3. The van der Waals surface area contributed by atoms with E-state index in [-0.39, 0.29) is 11.9 Å². The number of carbonyl (C=O) groups is 1. The average Bonchev–Trinajstić information content (AvgIpc) is 2.36. The first-order valence-electron chi connectivity index (χ1n) is 5.84. The Balaban J connectivity index is 2.56. The molecule has 0 saturated carbocycles. The number of nitrogens with zero attached hydrogens (tertiary/aromatic N) is 1. The van der Waals surface area contributed by atoms with Crippen molar-refractivity contribution in [1.82, 2.24) is 10.3 Å². The number of nitrogens with one attached hydrogen (secondary N) is 2. The molecule has 1 aromatic rings. The number of aromatic nitrogens is 1. The van der Waals surface area contributed by atoms with Crippen LogP contribution < -0.4 is 16.4 Å². The van der Waals surface area contributed by atoms with Gasteiger partial charge in [-0.05, 0) is 25.5 Å². The normalized spacial score (nSPS) is 11.7. The topological polar surface area (TPSA) is 80.0 Å². The molecule has 1 amide bonds. The molecule has 0 aliphatic heterocycles. The molecule has 1 rings (SSSR count). The van der Waals surface area contributed by atoms with Gasteiger partial charge >= 0.3 is 0 Å². The molecule has 18 heavy (non-hydrogen) atoms. The molecule has 0 radical (unpaired) electrons. The lowest BCUT2D eigenvalue weighted by molar-refractivity contribution is -0.121. The summed E-state index contributed by atoms with van der Waals surface area (Å²) in [6.45, 7) is 4.47. The highest BCUT2D eigenvalue weighted by Crippen LogP contribution is 2.06. The van der Waals surface area contributed by atoms with Crippen LogP contribution in [0, 0.1) is 0 Å². The molecule has 0 fully saturated rings. The van der Waals surface area contributed by atoms with E-state index in [1.165, 1.54) is 0 Å². The van der Waals surface area contributed by atoms with Crippen LogP contribution in [-0.2, 0) is 4.79 Å². The van der Waals surface area contributed by atoms with E-state index in [1.807, 2.05) is 6.92 Å². The van der Waals surface area contributed by atoms with Crippen LogP contribution in [0.3, 0.4) is 0 Å². The Morgan fingerprint density at radius 3 is 2.78 bits per heavy atom. The Hall–Kier alpha value is -1.69. The second-order valence-electron chi connectivity index (χ2n) is 3.95. The number of amides is 1. The van der Waals surface area contributed by atoms with Crippen molar-refractivity contribution in [2.24, 2.45) is 5.73 Å². The van der Waals surface area contributed by atoms with Crippen molar-refractivity contribution in [3.05, 3.63) is 23.9 Å². The molecule has 0 aromatic carbocycles. The van der Waals surface area contributed by atoms with Gasteiger partial charge < -0.3 is 16.4 Å². The lowest BCUT2D eigenvalue weighted by Crippen LogP contribution is -2.38. The lowest BCUT2D eigenvalue weighted by Gasteiger charge is -2.14. The van der Waals surface area contributed by atoms with Crippen LogP contribution in [0.4, 0.5) is 5.82 Å². The van der Waals surface area contributed by atoms with E-state index < -0.39 is 0 Å². The summed E-state index contributed by atoms with van der Waals surface area (Å²) in [4.78, 5) is 16.1. The van der Waals surface area contributed by atoms with Crippen molar-refractivity contribution in [2.75, 3.05) is 11.9 Å². The van der Waals surface area contributed by atoms with E-state index in [4.69, 9.17) is 18.0 Å². The molecule has 5 nitrogen and oxygen atoms in total. The van der Waals surface area contributed by atoms with Crippen LogP contribution in [0.15, 0.2) is 18.3 Å². The molecule has 1 atom stereocenters. The number of anilines is 1. The van der Waals surface area contributed by atoms with Crippen LogP contribution in [0.5, 0.6) is 0 Å². The van der Waals surface area contributed by atoms with Crippen molar-refractivity contribution in [3.8, 4) is 0 Å². The first-order valence-corrected chi connectivity index (χ1v) is 6.25. The number of rotatable bonds is 6. The number of nitrogens with two attached hydrogens (primary N) is 1. The van der Waals surface area contributed by atoms with E-state index in [1.54, 1.807) is 25.3 Å². The van der Waals surface area contributed by atoms with Crippen LogP contribution >= 0.6 is 12.2 Å². The van der Waals surface area contributed by atoms with Crippen molar-refractivity contribution in [2.45, 2.75) is 26.3 Å². The highest BCUT2D eigenvalue weighted by Gasteiger charge is 2.11. The minimum absolute atomic E-state index is 0.0444. The summed E-state index contributed by atoms with van der Waals surface area (Å²) in [5.74, 6) is 0.575. The highest BCUT2D eigenvalue weighted by atomic mass is 32.1. The van der Waals surface area contributed by atoms with Crippen molar-refractivity contribution in [3.63, 3.8) is 0 Å². The highest BCUT2D eigenvalue weighted by molar-refractivity contribution is 7.80. The number of carbonyl (C=O) groups excluding carboxylic acids is 1. The van der Waals surface area contributed by atoms with Gasteiger partial charge in [0.15, 0.2) is 0 Å². The van der Waals surface area contributed by atoms with Crippen LogP contribution in [0.25, 0.3) is 0 Å². The molecule has 1 aromatic heterocycles. The molecule has 0 aliphatic carbocycles. The third-order valence-electron chi connectivity index (χ3n) is 2.35. The molecule has 98 valence electrons. The Labute approximate surface area is 112 Å². The molecule has 4 N–H and O–H groups in total. The fourth-order valence-corrected chi connectivity index (χ4v) is 1.43. The van der Waals surface area contributed by atoms with Gasteiger partial charge in [0.1, 0.15) is 16.8 Å². The average molecular weight is 266 g/mol. The maximum Gasteiger partial charge on any atom is 0.242 e. The van der Waals surface area contributed by atoms with E-state index in [0.717, 1.165) is 6.42 Å². The lowest BCUT2D eigenvalue weighted by atomic mass is 10.2. The van der Waals surface area contributed by atoms with Gasteiger partial charge in [0.2, 0.25) is 5.91 Å². The Morgan fingerprint density at radius 2 is 2.28 bits per heavy atom. The first-order chi connectivity index (χ1) is 8.54. The largest absolute Gasteiger partial charge is 0.389 e. The number of pyridine rings is 1. The van der Waals surface area contributed by atoms with Crippen molar-refractivity contribution < 1.29 is 4.79 Å². The second kappa shape index (κ2) is 6.90. The Kier molecular flexibility index (Phi) is 5.51. The van der Waals surface area contributed by atoms with Gasteiger partial charge in [-0.25, -0.2) is 4.98 Å².